The van der Waals surface area contributed by atoms with Gasteiger partial charge < -0.3 is 10.5 Å². The Hall–Kier alpha value is -2.47. The van der Waals surface area contributed by atoms with E-state index in [0.29, 0.717) is 12.0 Å². The number of nitrogens with zero attached hydrogens (tertiary/aromatic N) is 1. The van der Waals surface area contributed by atoms with E-state index >= 15 is 0 Å². The van der Waals surface area contributed by atoms with E-state index < -0.39 is 10.7 Å². The van der Waals surface area contributed by atoms with Crippen molar-refractivity contribution in [2.45, 2.75) is 13.0 Å². The van der Waals surface area contributed by atoms with E-state index in [1.54, 1.807) is 24.3 Å². The lowest BCUT2D eigenvalue weighted by Gasteiger charge is -2.11. The molecule has 5 nitrogen and oxygen atoms in total. The molecule has 0 fully saturated rings. The third kappa shape index (κ3) is 3.76. The van der Waals surface area contributed by atoms with E-state index in [-0.39, 0.29) is 24.6 Å². The number of nitro benzene ring substituents is 1. The van der Waals surface area contributed by atoms with Crippen LogP contribution in [0.1, 0.15) is 11.1 Å². The third-order valence-electron chi connectivity index (χ3n) is 3.05. The van der Waals surface area contributed by atoms with Gasteiger partial charge in [0.05, 0.1) is 11.5 Å². The molecule has 0 unspecified atom stereocenters. The summed E-state index contributed by atoms with van der Waals surface area (Å²) in [4.78, 5) is 10.1. The molecule has 21 heavy (non-hydrogen) atoms. The van der Waals surface area contributed by atoms with Gasteiger partial charge in [-0.1, -0.05) is 24.3 Å². The minimum atomic E-state index is -0.451. The Balaban J connectivity index is 1.97. The van der Waals surface area contributed by atoms with Crippen LogP contribution in [0.5, 0.6) is 5.75 Å². The highest BCUT2D eigenvalue weighted by atomic mass is 19.1. The number of ether oxygens (including phenoxy) is 1. The average Bonchev–Trinajstić information content (AvgIpc) is 2.49. The van der Waals surface area contributed by atoms with E-state index in [4.69, 9.17) is 10.5 Å². The zero-order chi connectivity index (χ0) is 15.2. The topological polar surface area (TPSA) is 78.4 Å². The van der Waals surface area contributed by atoms with E-state index in [1.807, 2.05) is 0 Å². The van der Waals surface area contributed by atoms with E-state index in [9.17, 15) is 14.5 Å². The van der Waals surface area contributed by atoms with Gasteiger partial charge in [0.15, 0.2) is 11.6 Å². The summed E-state index contributed by atoms with van der Waals surface area (Å²) in [5, 5.41) is 10.5. The molecule has 0 aliphatic rings. The van der Waals surface area contributed by atoms with Crippen LogP contribution < -0.4 is 10.5 Å². The molecule has 0 aromatic heterocycles. The number of hydrogen-bond donors (Lipinski definition) is 1. The van der Waals surface area contributed by atoms with Gasteiger partial charge in [-0.05, 0) is 11.6 Å². The maximum atomic E-state index is 13.6. The Morgan fingerprint density at radius 1 is 1.19 bits per heavy atom. The molecule has 0 saturated heterocycles. The molecule has 0 bridgehead atoms. The summed E-state index contributed by atoms with van der Waals surface area (Å²) >= 11 is 0. The Morgan fingerprint density at radius 2 is 1.90 bits per heavy atom. The van der Waals surface area contributed by atoms with Crippen molar-refractivity contribution in [2.24, 2.45) is 5.73 Å². The molecule has 0 amide bonds. The highest BCUT2D eigenvalue weighted by Gasteiger charge is 2.09. The summed E-state index contributed by atoms with van der Waals surface area (Å²) in [5.41, 5.74) is 7.07. The quantitative estimate of drug-likeness (QED) is 0.655. The monoisotopic (exact) mass is 290 g/mol. The van der Waals surface area contributed by atoms with E-state index in [0.717, 1.165) is 5.56 Å². The summed E-state index contributed by atoms with van der Waals surface area (Å²) in [6.07, 6.45) is 0.524. The van der Waals surface area contributed by atoms with Crippen molar-refractivity contribution in [2.75, 3.05) is 6.61 Å². The number of hydrogen-bond acceptors (Lipinski definition) is 4. The van der Waals surface area contributed by atoms with Gasteiger partial charge in [-0.15, -0.1) is 0 Å². The maximum absolute atomic E-state index is 13.6. The lowest BCUT2D eigenvalue weighted by atomic mass is 10.1. The lowest BCUT2D eigenvalue weighted by Crippen LogP contribution is -2.07. The smallest absolute Gasteiger partial charge is 0.269 e. The first-order valence-electron chi connectivity index (χ1n) is 6.45. The molecule has 0 radical (unpaired) electrons. The second-order valence-corrected chi connectivity index (χ2v) is 4.45. The largest absolute Gasteiger partial charge is 0.490 e. The van der Waals surface area contributed by atoms with Gasteiger partial charge in [-0.25, -0.2) is 4.39 Å². The first-order valence-corrected chi connectivity index (χ1v) is 6.45. The van der Waals surface area contributed by atoms with Crippen LogP contribution in [-0.4, -0.2) is 11.5 Å². The van der Waals surface area contributed by atoms with Crippen LogP contribution in [0.2, 0.25) is 0 Å². The second kappa shape index (κ2) is 6.81. The molecular weight excluding hydrogens is 275 g/mol. The van der Waals surface area contributed by atoms with Crippen LogP contribution >= 0.6 is 0 Å². The van der Waals surface area contributed by atoms with Crippen LogP contribution in [0.3, 0.4) is 0 Å². The summed E-state index contributed by atoms with van der Waals surface area (Å²) in [5.74, 6) is -0.274. The number of rotatable bonds is 6. The van der Waals surface area contributed by atoms with Crippen molar-refractivity contribution in [1.82, 2.24) is 0 Å². The van der Waals surface area contributed by atoms with Crippen LogP contribution in [0.25, 0.3) is 0 Å². The highest BCUT2D eigenvalue weighted by Crippen LogP contribution is 2.22. The van der Waals surface area contributed by atoms with Crippen molar-refractivity contribution < 1.29 is 14.1 Å². The zero-order valence-corrected chi connectivity index (χ0v) is 11.3. The van der Waals surface area contributed by atoms with E-state index in [2.05, 4.69) is 0 Å². The number of benzene rings is 2. The molecule has 0 heterocycles. The van der Waals surface area contributed by atoms with Crippen molar-refractivity contribution >= 4 is 5.69 Å². The van der Waals surface area contributed by atoms with Gasteiger partial charge >= 0.3 is 0 Å². The summed E-state index contributed by atoms with van der Waals surface area (Å²) in [6, 6.07) is 10.8. The van der Waals surface area contributed by atoms with E-state index in [1.165, 1.54) is 18.2 Å². The standard InChI is InChI=1S/C15H15FN2O3/c16-14-3-1-2-12(10-17)15(14)21-9-8-11-4-6-13(7-5-11)18(19)20/h1-7H,8-10,17H2. The summed E-state index contributed by atoms with van der Waals surface area (Å²) in [7, 11) is 0. The number of halogens is 1. The van der Waals surface area contributed by atoms with Crippen molar-refractivity contribution in [3.8, 4) is 5.75 Å². The predicted molar refractivity (Wildman–Crippen MR) is 76.6 cm³/mol. The molecule has 2 N–H and O–H groups in total. The molecule has 2 aromatic carbocycles. The molecule has 0 atom stereocenters. The van der Waals surface area contributed by atoms with Gasteiger partial charge in [0, 0.05) is 30.7 Å². The fourth-order valence-electron chi connectivity index (χ4n) is 1.93. The number of nitrogens with two attached hydrogens (primary N) is 1. The van der Waals surface area contributed by atoms with Gasteiger partial charge in [0.25, 0.3) is 5.69 Å². The Morgan fingerprint density at radius 3 is 2.52 bits per heavy atom. The molecule has 2 aromatic rings. The van der Waals surface area contributed by atoms with Gasteiger partial charge in [-0.3, -0.25) is 10.1 Å². The fraction of sp³-hybridized carbons (Fsp3) is 0.200. The summed E-state index contributed by atoms with van der Waals surface area (Å²) in [6.45, 7) is 0.469. The third-order valence-corrected chi connectivity index (χ3v) is 3.05. The molecule has 0 aliphatic carbocycles. The molecule has 2 rings (SSSR count). The minimum Gasteiger partial charge on any atom is -0.490 e. The fourth-order valence-corrected chi connectivity index (χ4v) is 1.93. The van der Waals surface area contributed by atoms with Gasteiger partial charge in [-0.2, -0.15) is 0 Å². The minimum absolute atomic E-state index is 0.0409. The average molecular weight is 290 g/mol. The Kier molecular flexibility index (Phi) is 4.84. The van der Waals surface area contributed by atoms with Crippen LogP contribution in [0.4, 0.5) is 10.1 Å². The number of para-hydroxylation sites is 1. The van der Waals surface area contributed by atoms with Crippen LogP contribution in [0.15, 0.2) is 42.5 Å². The lowest BCUT2D eigenvalue weighted by molar-refractivity contribution is -0.384. The van der Waals surface area contributed by atoms with Crippen molar-refractivity contribution in [3.63, 3.8) is 0 Å². The first kappa shape index (κ1) is 14.9. The molecule has 6 heteroatoms. The second-order valence-electron chi connectivity index (χ2n) is 4.45. The molecule has 0 saturated carbocycles. The van der Waals surface area contributed by atoms with Gasteiger partial charge in [0.2, 0.25) is 0 Å². The highest BCUT2D eigenvalue weighted by molar-refractivity contribution is 5.35. The van der Waals surface area contributed by atoms with Crippen LogP contribution in [-0.2, 0) is 13.0 Å². The SMILES string of the molecule is NCc1cccc(F)c1OCCc1ccc([N+](=O)[O-])cc1. The maximum Gasteiger partial charge on any atom is 0.269 e. The normalized spacial score (nSPS) is 10.4. The zero-order valence-electron chi connectivity index (χ0n) is 11.3. The van der Waals surface area contributed by atoms with Crippen molar-refractivity contribution in [1.29, 1.82) is 0 Å². The Bertz CT molecular complexity index is 629. The molecule has 110 valence electrons. The van der Waals surface area contributed by atoms with Crippen molar-refractivity contribution in [3.05, 3.63) is 69.5 Å². The summed E-state index contributed by atoms with van der Waals surface area (Å²) < 4.78 is 19.1. The number of nitro groups is 1. The number of non-ortho nitro benzene ring substituents is 1. The van der Waals surface area contributed by atoms with Gasteiger partial charge in [0.1, 0.15) is 0 Å². The molecule has 0 spiro atoms. The molecular formula is C15H15FN2O3. The molecule has 0 aliphatic heterocycles. The Labute approximate surface area is 121 Å². The van der Waals surface area contributed by atoms with Crippen LogP contribution in [0, 0.1) is 15.9 Å². The predicted octanol–water partition coefficient (Wildman–Crippen LogP) is 2.81. The first-order chi connectivity index (χ1) is 10.1.